The lowest BCUT2D eigenvalue weighted by atomic mass is 9.74. The molecule has 18 heteroatoms. The molecule has 2 saturated heterocycles. The minimum absolute atomic E-state index is 0.0464. The Hall–Kier alpha value is -5.76. The van der Waals surface area contributed by atoms with Crippen molar-refractivity contribution in [3.8, 4) is 0 Å². The lowest BCUT2D eigenvalue weighted by molar-refractivity contribution is -0.374. The number of rotatable bonds is 18. The van der Waals surface area contributed by atoms with Crippen molar-refractivity contribution in [2.24, 2.45) is 5.92 Å². The summed E-state index contributed by atoms with van der Waals surface area (Å²) < 4.78 is 53.3. The van der Waals surface area contributed by atoms with Gasteiger partial charge in [0, 0.05) is 28.4 Å². The highest BCUT2D eigenvalue weighted by Gasteiger charge is 2.87. The molecule has 2 bridgehead atoms. The molecule has 0 radical (unpaired) electrons. The van der Waals surface area contributed by atoms with Gasteiger partial charge in [0.1, 0.15) is 6.10 Å². The Morgan fingerprint density at radius 2 is 1.24 bits per heavy atom. The summed E-state index contributed by atoms with van der Waals surface area (Å²) in [6.45, 7) is 6.16. The van der Waals surface area contributed by atoms with Crippen molar-refractivity contribution in [3.05, 3.63) is 153 Å². The average Bonchev–Trinajstić information content (AvgIpc) is 3.57. The first-order valence-corrected chi connectivity index (χ1v) is 22.4. The number of aliphatic hydroxyl groups is 1. The molecule has 4 aromatic rings. The van der Waals surface area contributed by atoms with Gasteiger partial charge in [-0.3, -0.25) is 0 Å². The molecule has 0 spiro atoms. The fraction of sp³-hybridized carbons (Fsp3) is 0.347. The first-order valence-electron chi connectivity index (χ1n) is 20.8. The third kappa shape index (κ3) is 10.1. The van der Waals surface area contributed by atoms with Gasteiger partial charge in [-0.1, -0.05) is 106 Å². The Kier molecular flexibility index (Phi) is 16.2. The van der Waals surface area contributed by atoms with Gasteiger partial charge in [-0.25, -0.2) is 28.8 Å². The van der Waals surface area contributed by atoms with Gasteiger partial charge in [-0.15, -0.1) is 0 Å². The molecule has 2 aliphatic rings. The molecule has 0 amide bonds. The number of hydrogen-bond acceptors (Lipinski definition) is 16. The van der Waals surface area contributed by atoms with Gasteiger partial charge in [-0.05, 0) is 78.1 Å². The number of esters is 6. The van der Waals surface area contributed by atoms with E-state index in [1.807, 2.05) is 37.3 Å². The predicted octanol–water partition coefficient (Wildman–Crippen LogP) is 6.59. The topological polar surface area (TPSA) is 206 Å². The standard InChI is InChI=1S/C49H48Br2O16/c1-28(36(29(2)27-30-13-9-7-10-14-30)63-43(54)37(59-3)31-15-11-8-12-16-31)25-26-47-38(64-41(52)32-17-21-34(50)22-18-32)39(65-42(53)33-19-23-35(51)24-20-33)49(67-47,46(57)62-6)48(58,45(56)61-5)40(66-47)44(55)60-4/h7-24,29,36-40,58H,1,25-27H2,2-6H3/t29?,36?,37-,38-,39-,40-,47+,48-,49+/m1/s1. The van der Waals surface area contributed by atoms with Crippen LogP contribution in [0.2, 0.25) is 0 Å². The summed E-state index contributed by atoms with van der Waals surface area (Å²) in [5.41, 5.74) is -5.34. The van der Waals surface area contributed by atoms with E-state index >= 15 is 0 Å². The number of carbonyl (C=O) groups is 6. The van der Waals surface area contributed by atoms with Crippen molar-refractivity contribution in [3.63, 3.8) is 0 Å². The maximum atomic E-state index is 14.6. The highest BCUT2D eigenvalue weighted by molar-refractivity contribution is 9.10. The monoisotopic (exact) mass is 1050 g/mol. The summed E-state index contributed by atoms with van der Waals surface area (Å²) in [5.74, 6) is -10.7. The van der Waals surface area contributed by atoms with Gasteiger partial charge >= 0.3 is 35.8 Å². The third-order valence-electron chi connectivity index (χ3n) is 11.6. The Bertz CT molecular complexity index is 2450. The van der Waals surface area contributed by atoms with Gasteiger partial charge in [-0.2, -0.15) is 0 Å². The van der Waals surface area contributed by atoms with E-state index < -0.39 is 95.7 Å². The summed E-state index contributed by atoms with van der Waals surface area (Å²) in [7, 11) is 4.02. The van der Waals surface area contributed by atoms with Gasteiger partial charge in [0.15, 0.2) is 18.3 Å². The zero-order valence-corrected chi connectivity index (χ0v) is 40.2. The number of hydrogen-bond donors (Lipinski definition) is 1. The summed E-state index contributed by atoms with van der Waals surface area (Å²) in [6, 6.07) is 29.8. The SMILES string of the molecule is C=C(CC[C@]12O[C@H](C(=O)OC)[C@@](O)(C(=O)OC)[C@](C(=O)OC)(O1)[C@H](OC(=O)c1ccc(Br)cc1)[C@H]2OC(=O)c1ccc(Br)cc1)C(OC(=O)[C@H](OC)c1ccccc1)C(C)Cc1ccccc1. The summed E-state index contributed by atoms with van der Waals surface area (Å²) >= 11 is 6.64. The zero-order valence-electron chi connectivity index (χ0n) is 37.0. The van der Waals surface area contributed by atoms with E-state index in [0.717, 1.165) is 26.9 Å². The molecular weight excluding hydrogens is 1000 g/mol. The molecule has 16 nitrogen and oxygen atoms in total. The van der Waals surface area contributed by atoms with Gasteiger partial charge in [0.05, 0.1) is 32.5 Å². The Labute approximate surface area is 403 Å². The Morgan fingerprint density at radius 1 is 0.716 bits per heavy atom. The van der Waals surface area contributed by atoms with Crippen LogP contribution in [0, 0.1) is 5.92 Å². The van der Waals surface area contributed by atoms with Gasteiger partial charge < -0.3 is 47.7 Å². The first-order chi connectivity index (χ1) is 32.0. The van der Waals surface area contributed by atoms with Crippen molar-refractivity contribution < 1.29 is 76.5 Å². The number of methoxy groups -OCH3 is 4. The molecule has 2 unspecified atom stereocenters. The zero-order chi connectivity index (χ0) is 48.7. The number of benzene rings is 4. The van der Waals surface area contributed by atoms with Crippen molar-refractivity contribution in [1.29, 1.82) is 0 Å². The predicted molar refractivity (Wildman–Crippen MR) is 243 cm³/mol. The largest absolute Gasteiger partial charge is 0.467 e. The molecule has 2 aliphatic heterocycles. The van der Waals surface area contributed by atoms with Crippen LogP contribution in [-0.2, 0) is 68.2 Å². The van der Waals surface area contributed by atoms with E-state index in [2.05, 4.69) is 38.4 Å². The smallest absolute Gasteiger partial charge is 0.346 e. The minimum atomic E-state index is -3.57. The number of carbonyl (C=O) groups excluding carboxylic acids is 6. The molecule has 6 rings (SSSR count). The molecule has 1 N–H and O–H groups in total. The van der Waals surface area contributed by atoms with Crippen molar-refractivity contribution in [1.82, 2.24) is 0 Å². The van der Waals surface area contributed by atoms with Crippen LogP contribution in [0.1, 0.15) is 57.7 Å². The molecule has 354 valence electrons. The lowest BCUT2D eigenvalue weighted by Crippen LogP contribution is -2.78. The lowest BCUT2D eigenvalue weighted by Gasteiger charge is -2.49. The molecule has 0 aromatic heterocycles. The van der Waals surface area contributed by atoms with Crippen LogP contribution in [0.25, 0.3) is 0 Å². The van der Waals surface area contributed by atoms with Crippen LogP contribution < -0.4 is 0 Å². The number of halogens is 2. The van der Waals surface area contributed by atoms with Crippen LogP contribution in [0.4, 0.5) is 0 Å². The summed E-state index contributed by atoms with van der Waals surface area (Å²) in [6.07, 6.45) is -9.59. The van der Waals surface area contributed by atoms with Gasteiger partial charge in [0.25, 0.3) is 5.60 Å². The van der Waals surface area contributed by atoms with E-state index in [4.69, 9.17) is 42.6 Å². The molecule has 0 saturated carbocycles. The molecule has 9 atom stereocenters. The molecular formula is C49H48Br2O16. The maximum absolute atomic E-state index is 14.6. The molecule has 67 heavy (non-hydrogen) atoms. The quantitative estimate of drug-likeness (QED) is 0.0634. The fourth-order valence-electron chi connectivity index (χ4n) is 8.35. The molecule has 2 heterocycles. The van der Waals surface area contributed by atoms with E-state index in [-0.39, 0.29) is 23.1 Å². The van der Waals surface area contributed by atoms with E-state index in [9.17, 15) is 33.9 Å². The number of ether oxygens (including phenoxy) is 9. The van der Waals surface area contributed by atoms with Crippen LogP contribution in [0.3, 0.4) is 0 Å². The Balaban J connectivity index is 1.51. The first kappa shape index (κ1) is 50.6. The van der Waals surface area contributed by atoms with Gasteiger partial charge in [0.2, 0.25) is 17.5 Å². The normalized spacial score (nSPS) is 24.2. The summed E-state index contributed by atoms with van der Waals surface area (Å²) in [4.78, 5) is 85.0. The molecule has 4 aromatic carbocycles. The van der Waals surface area contributed by atoms with Crippen LogP contribution in [0.15, 0.2) is 130 Å². The summed E-state index contributed by atoms with van der Waals surface area (Å²) in [5, 5.41) is 12.7. The van der Waals surface area contributed by atoms with Crippen LogP contribution in [-0.4, -0.2) is 111 Å². The van der Waals surface area contributed by atoms with Crippen LogP contribution >= 0.6 is 31.9 Å². The highest BCUT2D eigenvalue weighted by Crippen LogP contribution is 2.58. The molecule has 2 fully saturated rings. The number of fused-ring (bicyclic) bond motifs is 2. The molecule has 0 aliphatic carbocycles. The minimum Gasteiger partial charge on any atom is -0.467 e. The second-order valence-corrected chi connectivity index (χ2v) is 17.6. The van der Waals surface area contributed by atoms with E-state index in [1.165, 1.54) is 43.5 Å². The van der Waals surface area contributed by atoms with Crippen molar-refractivity contribution in [2.45, 2.75) is 73.7 Å². The van der Waals surface area contributed by atoms with E-state index in [1.54, 1.807) is 42.5 Å². The Morgan fingerprint density at radius 3 is 1.75 bits per heavy atom. The second kappa shape index (κ2) is 21.5. The maximum Gasteiger partial charge on any atom is 0.346 e. The third-order valence-corrected chi connectivity index (χ3v) is 12.7. The second-order valence-electron chi connectivity index (χ2n) is 15.8. The van der Waals surface area contributed by atoms with Crippen LogP contribution in [0.5, 0.6) is 0 Å². The van der Waals surface area contributed by atoms with Crippen molar-refractivity contribution >= 4 is 67.7 Å². The fourth-order valence-corrected chi connectivity index (χ4v) is 8.87. The highest BCUT2D eigenvalue weighted by atomic mass is 79.9. The van der Waals surface area contributed by atoms with Crippen molar-refractivity contribution in [2.75, 3.05) is 28.4 Å². The van der Waals surface area contributed by atoms with E-state index in [0.29, 0.717) is 20.9 Å². The average molecular weight is 1050 g/mol.